The Kier molecular flexibility index (Phi) is 5.92. The molecule has 0 atom stereocenters. The van der Waals surface area contributed by atoms with Gasteiger partial charge in [-0.25, -0.2) is 0 Å². The van der Waals surface area contributed by atoms with Crippen LogP contribution in [0.5, 0.6) is 0 Å². The van der Waals surface area contributed by atoms with E-state index in [1.165, 1.54) is 5.56 Å². The average Bonchev–Trinajstić information content (AvgIpc) is 3.01. The molecule has 5 heteroatoms. The van der Waals surface area contributed by atoms with Crippen LogP contribution in [-0.2, 0) is 4.79 Å². The predicted octanol–water partition coefficient (Wildman–Crippen LogP) is 3.91. The van der Waals surface area contributed by atoms with Crippen molar-refractivity contribution in [2.24, 2.45) is 0 Å². The van der Waals surface area contributed by atoms with E-state index in [1.807, 2.05) is 36.6 Å². The van der Waals surface area contributed by atoms with Gasteiger partial charge in [0.15, 0.2) is 0 Å². The van der Waals surface area contributed by atoms with Crippen molar-refractivity contribution in [3.63, 3.8) is 0 Å². The standard InChI is InChI=1S/C23H31N3O2/c1-6-22(27)24-11-13-25(14-12-24)23(28)21-15-17(4)26(18(21)5)20-9-7-19(8-10-20)16(2)3/h7-10,15-16H,6,11-14H2,1-5H3. The lowest BCUT2D eigenvalue weighted by Gasteiger charge is -2.34. The molecule has 3 rings (SSSR count). The second kappa shape index (κ2) is 8.21. The summed E-state index contributed by atoms with van der Waals surface area (Å²) >= 11 is 0. The van der Waals surface area contributed by atoms with Crippen molar-refractivity contribution in [2.45, 2.75) is 47.0 Å². The van der Waals surface area contributed by atoms with Gasteiger partial charge in [0.2, 0.25) is 5.91 Å². The number of nitrogens with zero attached hydrogens (tertiary/aromatic N) is 3. The Balaban J connectivity index is 1.80. The molecule has 0 bridgehead atoms. The summed E-state index contributed by atoms with van der Waals surface area (Å²) < 4.78 is 2.15. The minimum Gasteiger partial charge on any atom is -0.339 e. The number of rotatable bonds is 4. The summed E-state index contributed by atoms with van der Waals surface area (Å²) in [6.07, 6.45) is 0.519. The van der Waals surface area contributed by atoms with Crippen molar-refractivity contribution in [2.75, 3.05) is 26.2 Å². The third-order valence-corrected chi connectivity index (χ3v) is 5.70. The Hall–Kier alpha value is -2.56. The second-order valence-corrected chi connectivity index (χ2v) is 7.89. The van der Waals surface area contributed by atoms with Crippen LogP contribution in [0.15, 0.2) is 30.3 Å². The van der Waals surface area contributed by atoms with E-state index >= 15 is 0 Å². The normalized spacial score (nSPS) is 14.6. The maximum absolute atomic E-state index is 13.1. The van der Waals surface area contributed by atoms with E-state index in [9.17, 15) is 9.59 Å². The number of piperazine rings is 1. The highest BCUT2D eigenvalue weighted by Crippen LogP contribution is 2.24. The summed E-state index contributed by atoms with van der Waals surface area (Å²) in [5, 5.41) is 0. The van der Waals surface area contributed by atoms with Crippen molar-refractivity contribution >= 4 is 11.8 Å². The van der Waals surface area contributed by atoms with Gasteiger partial charge in [-0.3, -0.25) is 9.59 Å². The van der Waals surface area contributed by atoms with Crippen molar-refractivity contribution in [3.8, 4) is 5.69 Å². The van der Waals surface area contributed by atoms with Crippen LogP contribution in [0.2, 0.25) is 0 Å². The molecule has 2 aromatic rings. The van der Waals surface area contributed by atoms with Gasteiger partial charge < -0.3 is 14.4 Å². The van der Waals surface area contributed by atoms with E-state index in [1.54, 1.807) is 0 Å². The smallest absolute Gasteiger partial charge is 0.255 e. The number of hydrogen-bond acceptors (Lipinski definition) is 2. The van der Waals surface area contributed by atoms with Crippen molar-refractivity contribution in [3.05, 3.63) is 52.8 Å². The fourth-order valence-electron chi connectivity index (χ4n) is 3.94. The molecule has 1 aromatic heterocycles. The summed E-state index contributed by atoms with van der Waals surface area (Å²) in [4.78, 5) is 28.7. The molecule has 0 aliphatic carbocycles. The Morgan fingerprint density at radius 2 is 1.54 bits per heavy atom. The van der Waals surface area contributed by atoms with Gasteiger partial charge in [-0.2, -0.15) is 0 Å². The van der Waals surface area contributed by atoms with Gasteiger partial charge in [-0.15, -0.1) is 0 Å². The summed E-state index contributed by atoms with van der Waals surface area (Å²) in [6.45, 7) is 12.7. The molecule has 0 spiro atoms. The van der Waals surface area contributed by atoms with Crippen LogP contribution in [0.1, 0.15) is 60.4 Å². The zero-order valence-corrected chi connectivity index (χ0v) is 17.7. The minimum absolute atomic E-state index is 0.0572. The number of carbonyl (C=O) groups is 2. The van der Waals surface area contributed by atoms with Crippen LogP contribution in [0.3, 0.4) is 0 Å². The SMILES string of the molecule is CCC(=O)N1CCN(C(=O)c2cc(C)n(-c3ccc(C(C)C)cc3)c2C)CC1. The highest BCUT2D eigenvalue weighted by molar-refractivity contribution is 5.96. The Morgan fingerprint density at radius 3 is 2.07 bits per heavy atom. The fourth-order valence-corrected chi connectivity index (χ4v) is 3.94. The lowest BCUT2D eigenvalue weighted by Crippen LogP contribution is -2.50. The van der Waals surface area contributed by atoms with Crippen LogP contribution in [0.25, 0.3) is 5.69 Å². The van der Waals surface area contributed by atoms with Crippen LogP contribution in [0, 0.1) is 13.8 Å². The minimum atomic E-state index is 0.0572. The number of hydrogen-bond donors (Lipinski definition) is 0. The first kappa shape index (κ1) is 20.2. The molecule has 1 fully saturated rings. The molecule has 1 saturated heterocycles. The van der Waals surface area contributed by atoms with Crippen molar-refractivity contribution < 1.29 is 9.59 Å². The Morgan fingerprint density at radius 1 is 0.964 bits per heavy atom. The van der Waals surface area contributed by atoms with Crippen LogP contribution in [-0.4, -0.2) is 52.4 Å². The molecular formula is C23H31N3O2. The first-order valence-corrected chi connectivity index (χ1v) is 10.2. The molecule has 0 radical (unpaired) electrons. The van der Waals surface area contributed by atoms with E-state index in [4.69, 9.17) is 0 Å². The maximum Gasteiger partial charge on any atom is 0.255 e. The second-order valence-electron chi connectivity index (χ2n) is 7.89. The summed E-state index contributed by atoms with van der Waals surface area (Å²) in [5.74, 6) is 0.716. The maximum atomic E-state index is 13.1. The van der Waals surface area contributed by atoms with Gasteiger partial charge in [0.1, 0.15) is 0 Å². The van der Waals surface area contributed by atoms with E-state index in [0.29, 0.717) is 38.5 Å². The van der Waals surface area contributed by atoms with E-state index < -0.39 is 0 Å². The Labute approximate surface area is 167 Å². The number of aromatic nitrogens is 1. The zero-order chi connectivity index (χ0) is 20.4. The molecular weight excluding hydrogens is 350 g/mol. The highest BCUT2D eigenvalue weighted by atomic mass is 16.2. The third-order valence-electron chi connectivity index (χ3n) is 5.70. The van der Waals surface area contributed by atoms with Crippen LogP contribution >= 0.6 is 0 Å². The number of carbonyl (C=O) groups excluding carboxylic acids is 2. The fraction of sp³-hybridized carbons (Fsp3) is 0.478. The van der Waals surface area contributed by atoms with Gasteiger partial charge in [-0.1, -0.05) is 32.9 Å². The first-order chi connectivity index (χ1) is 13.3. The summed E-state index contributed by atoms with van der Waals surface area (Å²) in [6, 6.07) is 10.5. The molecule has 1 aliphatic rings. The predicted molar refractivity (Wildman–Crippen MR) is 112 cm³/mol. The van der Waals surface area contributed by atoms with Gasteiger partial charge in [0.05, 0.1) is 5.56 Å². The third kappa shape index (κ3) is 3.84. The number of aryl methyl sites for hydroxylation is 1. The van der Waals surface area contributed by atoms with Crippen molar-refractivity contribution in [1.29, 1.82) is 0 Å². The van der Waals surface area contributed by atoms with Gasteiger partial charge in [-0.05, 0) is 43.5 Å². The topological polar surface area (TPSA) is 45.6 Å². The molecule has 5 nitrogen and oxygen atoms in total. The monoisotopic (exact) mass is 381 g/mol. The molecule has 0 unspecified atom stereocenters. The summed E-state index contributed by atoms with van der Waals surface area (Å²) in [7, 11) is 0. The molecule has 150 valence electrons. The van der Waals surface area contributed by atoms with E-state index in [-0.39, 0.29) is 11.8 Å². The largest absolute Gasteiger partial charge is 0.339 e. The van der Waals surface area contributed by atoms with Crippen molar-refractivity contribution in [1.82, 2.24) is 14.4 Å². The Bertz CT molecular complexity index is 857. The van der Waals surface area contributed by atoms with Gasteiger partial charge in [0.25, 0.3) is 5.91 Å². The number of amides is 2. The van der Waals surface area contributed by atoms with Gasteiger partial charge in [0, 0.05) is 49.7 Å². The van der Waals surface area contributed by atoms with E-state index in [2.05, 4.69) is 42.7 Å². The quantitative estimate of drug-likeness (QED) is 0.806. The molecule has 28 heavy (non-hydrogen) atoms. The van der Waals surface area contributed by atoms with Gasteiger partial charge >= 0.3 is 0 Å². The molecule has 1 aromatic carbocycles. The number of benzene rings is 1. The molecule has 2 heterocycles. The molecule has 0 N–H and O–H groups in total. The highest BCUT2D eigenvalue weighted by Gasteiger charge is 2.26. The molecule has 0 saturated carbocycles. The molecule has 1 aliphatic heterocycles. The van der Waals surface area contributed by atoms with E-state index in [0.717, 1.165) is 22.6 Å². The average molecular weight is 382 g/mol. The first-order valence-electron chi connectivity index (χ1n) is 10.2. The lowest BCUT2D eigenvalue weighted by molar-refractivity contribution is -0.132. The molecule has 2 amide bonds. The lowest BCUT2D eigenvalue weighted by atomic mass is 10.0. The van der Waals surface area contributed by atoms with Crippen LogP contribution in [0.4, 0.5) is 0 Å². The zero-order valence-electron chi connectivity index (χ0n) is 17.7. The van der Waals surface area contributed by atoms with Crippen LogP contribution < -0.4 is 0 Å². The summed E-state index contributed by atoms with van der Waals surface area (Å²) in [5.41, 5.74) is 5.16.